The van der Waals surface area contributed by atoms with Crippen LogP contribution in [0.2, 0.25) is 0 Å². The Morgan fingerprint density at radius 2 is 2.24 bits per heavy atom. The highest BCUT2D eigenvalue weighted by molar-refractivity contribution is 5.81. The molecular formula is C12H24N2O3. The Labute approximate surface area is 103 Å². The van der Waals surface area contributed by atoms with Gasteiger partial charge in [-0.15, -0.1) is 0 Å². The Morgan fingerprint density at radius 3 is 2.88 bits per heavy atom. The first-order valence-electron chi connectivity index (χ1n) is 6.21. The molecule has 1 heterocycles. The molecule has 0 aromatic rings. The van der Waals surface area contributed by atoms with Crippen molar-refractivity contribution in [2.75, 3.05) is 40.5 Å². The summed E-state index contributed by atoms with van der Waals surface area (Å²) in [5.74, 6) is 0.537. The summed E-state index contributed by atoms with van der Waals surface area (Å²) >= 11 is 0. The number of nitrogens with two attached hydrogens (primary N) is 1. The lowest BCUT2D eigenvalue weighted by Crippen LogP contribution is -2.42. The predicted molar refractivity (Wildman–Crippen MR) is 65.6 cm³/mol. The van der Waals surface area contributed by atoms with E-state index in [4.69, 9.17) is 15.2 Å². The fourth-order valence-corrected chi connectivity index (χ4v) is 2.21. The highest BCUT2D eigenvalue weighted by Gasteiger charge is 2.28. The van der Waals surface area contributed by atoms with Crippen LogP contribution in [-0.4, -0.2) is 57.4 Å². The highest BCUT2D eigenvalue weighted by Crippen LogP contribution is 2.17. The van der Waals surface area contributed by atoms with Crippen LogP contribution in [0, 0.1) is 5.92 Å². The van der Waals surface area contributed by atoms with E-state index in [1.54, 1.807) is 14.2 Å². The van der Waals surface area contributed by atoms with Gasteiger partial charge in [-0.3, -0.25) is 4.79 Å². The topological polar surface area (TPSA) is 64.8 Å². The number of ether oxygens (including phenoxy) is 2. The maximum atomic E-state index is 12.0. The van der Waals surface area contributed by atoms with Gasteiger partial charge in [0.25, 0.3) is 0 Å². The van der Waals surface area contributed by atoms with E-state index in [0.717, 1.165) is 32.5 Å². The molecule has 2 unspecified atom stereocenters. The van der Waals surface area contributed by atoms with E-state index in [1.807, 2.05) is 4.90 Å². The van der Waals surface area contributed by atoms with Crippen LogP contribution in [0.25, 0.3) is 0 Å². The Morgan fingerprint density at radius 1 is 1.47 bits per heavy atom. The molecule has 0 bridgehead atoms. The number of carbonyl (C=O) groups excluding carboxylic acids is 1. The normalized spacial score (nSPS) is 21.8. The zero-order valence-corrected chi connectivity index (χ0v) is 10.9. The molecule has 0 saturated carbocycles. The van der Waals surface area contributed by atoms with Crippen LogP contribution in [0.5, 0.6) is 0 Å². The van der Waals surface area contributed by atoms with Gasteiger partial charge in [0.2, 0.25) is 5.91 Å². The smallest absolute Gasteiger partial charge is 0.239 e. The summed E-state index contributed by atoms with van der Waals surface area (Å²) in [5.41, 5.74) is 5.88. The molecular weight excluding hydrogens is 220 g/mol. The van der Waals surface area contributed by atoms with Gasteiger partial charge in [-0.2, -0.15) is 0 Å². The molecule has 1 rings (SSSR count). The van der Waals surface area contributed by atoms with Crippen LogP contribution in [-0.2, 0) is 14.3 Å². The Balaban J connectivity index is 2.27. The summed E-state index contributed by atoms with van der Waals surface area (Å²) < 4.78 is 10.1. The van der Waals surface area contributed by atoms with E-state index >= 15 is 0 Å². The lowest BCUT2D eigenvalue weighted by Gasteiger charge is -2.20. The quantitative estimate of drug-likeness (QED) is 0.651. The number of rotatable bonds is 7. The summed E-state index contributed by atoms with van der Waals surface area (Å²) in [6.45, 7) is 2.98. The van der Waals surface area contributed by atoms with Crippen molar-refractivity contribution >= 4 is 5.91 Å². The van der Waals surface area contributed by atoms with Gasteiger partial charge >= 0.3 is 0 Å². The molecule has 1 saturated heterocycles. The minimum Gasteiger partial charge on any atom is -0.385 e. The number of amides is 1. The van der Waals surface area contributed by atoms with Gasteiger partial charge in [-0.1, -0.05) is 0 Å². The summed E-state index contributed by atoms with van der Waals surface area (Å²) in [4.78, 5) is 13.9. The van der Waals surface area contributed by atoms with Crippen molar-refractivity contribution in [3.05, 3.63) is 0 Å². The minimum absolute atomic E-state index is 0.0692. The van der Waals surface area contributed by atoms with Crippen LogP contribution in [0.4, 0.5) is 0 Å². The first-order valence-corrected chi connectivity index (χ1v) is 6.21. The van der Waals surface area contributed by atoms with E-state index in [9.17, 15) is 4.79 Å². The second kappa shape index (κ2) is 7.63. The van der Waals surface area contributed by atoms with Gasteiger partial charge in [0.05, 0.1) is 12.6 Å². The van der Waals surface area contributed by atoms with Gasteiger partial charge in [0, 0.05) is 39.8 Å². The van der Waals surface area contributed by atoms with Crippen molar-refractivity contribution in [1.29, 1.82) is 0 Å². The van der Waals surface area contributed by atoms with Crippen molar-refractivity contribution < 1.29 is 14.3 Å². The molecule has 17 heavy (non-hydrogen) atoms. The van der Waals surface area contributed by atoms with E-state index in [1.165, 1.54) is 0 Å². The number of hydrogen-bond acceptors (Lipinski definition) is 4. The Kier molecular flexibility index (Phi) is 6.47. The number of hydrogen-bond donors (Lipinski definition) is 1. The third-order valence-electron chi connectivity index (χ3n) is 3.18. The summed E-state index contributed by atoms with van der Waals surface area (Å²) in [7, 11) is 3.35. The lowest BCUT2D eigenvalue weighted by molar-refractivity contribution is -0.131. The van der Waals surface area contributed by atoms with Gasteiger partial charge < -0.3 is 20.1 Å². The third-order valence-corrected chi connectivity index (χ3v) is 3.18. The van der Waals surface area contributed by atoms with Crippen LogP contribution in [0.3, 0.4) is 0 Å². The van der Waals surface area contributed by atoms with E-state index in [-0.39, 0.29) is 11.9 Å². The number of nitrogens with zero attached hydrogens (tertiary/aromatic N) is 1. The fraction of sp³-hybridized carbons (Fsp3) is 0.917. The van der Waals surface area contributed by atoms with Crippen LogP contribution < -0.4 is 5.73 Å². The Bertz CT molecular complexity index is 236. The molecule has 1 amide bonds. The molecule has 0 aliphatic carbocycles. The van der Waals surface area contributed by atoms with Crippen molar-refractivity contribution in [1.82, 2.24) is 4.90 Å². The zero-order valence-electron chi connectivity index (χ0n) is 10.9. The van der Waals surface area contributed by atoms with E-state index in [0.29, 0.717) is 18.9 Å². The molecule has 0 aromatic carbocycles. The summed E-state index contributed by atoms with van der Waals surface area (Å²) in [6, 6.07) is -0.383. The van der Waals surface area contributed by atoms with Crippen LogP contribution >= 0.6 is 0 Å². The molecule has 0 radical (unpaired) electrons. The highest BCUT2D eigenvalue weighted by atomic mass is 16.5. The molecule has 1 aliphatic heterocycles. The summed E-state index contributed by atoms with van der Waals surface area (Å²) in [5, 5.41) is 0. The molecule has 5 nitrogen and oxygen atoms in total. The van der Waals surface area contributed by atoms with Gasteiger partial charge in [0.1, 0.15) is 0 Å². The standard InChI is InChI=1S/C12H24N2O3/c1-16-7-3-4-11(13)12(15)14-6-5-10(8-14)9-17-2/h10-11H,3-9,13H2,1-2H3. The monoisotopic (exact) mass is 244 g/mol. The molecule has 5 heteroatoms. The molecule has 2 atom stereocenters. The van der Waals surface area contributed by atoms with Crippen LogP contribution in [0.15, 0.2) is 0 Å². The van der Waals surface area contributed by atoms with Crippen molar-refractivity contribution in [3.8, 4) is 0 Å². The molecule has 0 spiro atoms. The SMILES string of the molecule is COCCCC(N)C(=O)N1CCC(COC)C1. The first-order chi connectivity index (χ1) is 8.19. The molecule has 1 fully saturated rings. The van der Waals surface area contributed by atoms with Gasteiger partial charge in [-0.05, 0) is 19.3 Å². The molecule has 100 valence electrons. The van der Waals surface area contributed by atoms with Crippen LogP contribution in [0.1, 0.15) is 19.3 Å². The number of likely N-dealkylation sites (tertiary alicyclic amines) is 1. The molecule has 0 aromatic heterocycles. The fourth-order valence-electron chi connectivity index (χ4n) is 2.21. The van der Waals surface area contributed by atoms with Crippen molar-refractivity contribution in [2.24, 2.45) is 11.7 Å². The van der Waals surface area contributed by atoms with E-state index in [2.05, 4.69) is 0 Å². The lowest BCUT2D eigenvalue weighted by atomic mass is 10.1. The van der Waals surface area contributed by atoms with Crippen molar-refractivity contribution in [2.45, 2.75) is 25.3 Å². The maximum absolute atomic E-state index is 12.0. The number of carbonyl (C=O) groups is 1. The third kappa shape index (κ3) is 4.61. The second-order valence-corrected chi connectivity index (χ2v) is 4.64. The van der Waals surface area contributed by atoms with Gasteiger partial charge in [-0.25, -0.2) is 0 Å². The summed E-state index contributed by atoms with van der Waals surface area (Å²) in [6.07, 6.45) is 2.54. The second-order valence-electron chi connectivity index (χ2n) is 4.64. The first kappa shape index (κ1) is 14.4. The maximum Gasteiger partial charge on any atom is 0.239 e. The molecule has 1 aliphatic rings. The van der Waals surface area contributed by atoms with E-state index < -0.39 is 0 Å². The van der Waals surface area contributed by atoms with Crippen molar-refractivity contribution in [3.63, 3.8) is 0 Å². The average Bonchev–Trinajstić information content (AvgIpc) is 2.77. The zero-order chi connectivity index (χ0) is 12.7. The average molecular weight is 244 g/mol. The predicted octanol–water partition coefficient (Wildman–Crippen LogP) is 0.235. The largest absolute Gasteiger partial charge is 0.385 e. The minimum atomic E-state index is -0.383. The Hall–Kier alpha value is -0.650. The number of methoxy groups -OCH3 is 2. The molecule has 2 N–H and O–H groups in total. The van der Waals surface area contributed by atoms with Gasteiger partial charge in [0.15, 0.2) is 0 Å².